The Morgan fingerprint density at radius 1 is 1.03 bits per heavy atom. The number of anilines is 1. The molecule has 0 N–H and O–H groups in total. The van der Waals surface area contributed by atoms with Gasteiger partial charge in [-0.05, 0) is 37.3 Å². The van der Waals surface area contributed by atoms with Crippen LogP contribution in [0.2, 0.25) is 5.02 Å². The van der Waals surface area contributed by atoms with Crippen molar-refractivity contribution in [3.63, 3.8) is 0 Å². The maximum atomic E-state index is 13.0. The summed E-state index contributed by atoms with van der Waals surface area (Å²) in [4.78, 5) is 34.3. The quantitative estimate of drug-likeness (QED) is 0.442. The van der Waals surface area contributed by atoms with Crippen molar-refractivity contribution in [2.24, 2.45) is 0 Å². The summed E-state index contributed by atoms with van der Waals surface area (Å²) in [6, 6.07) is 15.6. The van der Waals surface area contributed by atoms with Crippen molar-refractivity contribution in [2.75, 3.05) is 31.1 Å². The molecule has 1 aliphatic rings. The van der Waals surface area contributed by atoms with Crippen molar-refractivity contribution in [3.05, 3.63) is 82.0 Å². The van der Waals surface area contributed by atoms with Crippen molar-refractivity contribution in [1.82, 2.24) is 24.2 Å². The third-order valence-electron chi connectivity index (χ3n) is 6.21. The van der Waals surface area contributed by atoms with Crippen LogP contribution in [0.25, 0.3) is 16.7 Å². The normalized spacial score (nSPS) is 14.1. The van der Waals surface area contributed by atoms with Crippen molar-refractivity contribution in [1.29, 1.82) is 0 Å². The highest BCUT2D eigenvalue weighted by Gasteiger charge is 2.21. The molecule has 0 aliphatic carbocycles. The van der Waals surface area contributed by atoms with Crippen LogP contribution in [0.4, 0.5) is 5.69 Å². The second-order valence-corrected chi connectivity index (χ2v) is 8.91. The van der Waals surface area contributed by atoms with Crippen LogP contribution in [0, 0.1) is 6.92 Å². The number of nitrogens with zero attached hydrogens (tertiary/aromatic N) is 6. The average Bonchev–Trinajstić information content (AvgIpc) is 3.29. The van der Waals surface area contributed by atoms with Gasteiger partial charge in [-0.25, -0.2) is 9.67 Å². The van der Waals surface area contributed by atoms with E-state index < -0.39 is 0 Å². The van der Waals surface area contributed by atoms with Crippen LogP contribution < -0.4 is 10.5 Å². The Bertz CT molecular complexity index is 1390. The number of aromatic nitrogens is 4. The topological polar surface area (TPSA) is 76.3 Å². The van der Waals surface area contributed by atoms with Gasteiger partial charge in [0.2, 0.25) is 5.91 Å². The Morgan fingerprint density at radius 3 is 2.53 bits per heavy atom. The van der Waals surface area contributed by atoms with E-state index in [0.29, 0.717) is 29.1 Å². The molecule has 1 amide bonds. The molecule has 0 radical (unpaired) electrons. The molecule has 1 aliphatic heterocycles. The summed E-state index contributed by atoms with van der Waals surface area (Å²) in [5.74, 6) is 0.0353. The van der Waals surface area contributed by atoms with Gasteiger partial charge in [-0.1, -0.05) is 35.4 Å². The Balaban J connectivity index is 1.23. The molecule has 2 aromatic carbocycles. The summed E-state index contributed by atoms with van der Waals surface area (Å²) in [6.45, 7) is 5.07. The number of aryl methyl sites for hydroxylation is 2. The van der Waals surface area contributed by atoms with Crippen LogP contribution in [0.5, 0.6) is 0 Å². The predicted octanol–water partition coefficient (Wildman–Crippen LogP) is 3.28. The molecule has 3 heterocycles. The number of halogens is 1. The summed E-state index contributed by atoms with van der Waals surface area (Å²) in [7, 11) is 0. The van der Waals surface area contributed by atoms with Crippen molar-refractivity contribution in [3.8, 4) is 5.69 Å². The molecule has 0 unspecified atom stereocenters. The molecule has 1 fully saturated rings. The highest BCUT2D eigenvalue weighted by atomic mass is 35.5. The second-order valence-electron chi connectivity index (χ2n) is 8.47. The van der Waals surface area contributed by atoms with Gasteiger partial charge in [0.25, 0.3) is 5.56 Å². The van der Waals surface area contributed by atoms with Crippen LogP contribution in [0.1, 0.15) is 12.0 Å². The van der Waals surface area contributed by atoms with Gasteiger partial charge in [0, 0.05) is 49.9 Å². The highest BCUT2D eigenvalue weighted by molar-refractivity contribution is 6.30. The number of fused-ring (bicyclic) bond motifs is 1. The molecule has 4 aromatic rings. The minimum atomic E-state index is -0.193. The van der Waals surface area contributed by atoms with Crippen LogP contribution in [-0.2, 0) is 11.3 Å². The number of amides is 1. The lowest BCUT2D eigenvalue weighted by molar-refractivity contribution is -0.131. The van der Waals surface area contributed by atoms with E-state index in [1.54, 1.807) is 4.68 Å². The Kier molecular flexibility index (Phi) is 6.06. The first-order valence-electron chi connectivity index (χ1n) is 11.3. The first-order valence-corrected chi connectivity index (χ1v) is 11.7. The van der Waals surface area contributed by atoms with Crippen LogP contribution in [0.3, 0.4) is 0 Å². The predicted molar refractivity (Wildman–Crippen MR) is 133 cm³/mol. The SMILES string of the molecule is Cc1ccc(-n2ncc3c(=O)n(CCC(=O)N4CCN(c5cccc(Cl)c5)CC4)cnc32)cc1. The van der Waals surface area contributed by atoms with E-state index in [4.69, 9.17) is 11.6 Å². The van der Waals surface area contributed by atoms with Crippen LogP contribution >= 0.6 is 11.6 Å². The summed E-state index contributed by atoms with van der Waals surface area (Å²) in [6.07, 6.45) is 3.29. The highest BCUT2D eigenvalue weighted by Crippen LogP contribution is 2.21. The molecule has 0 atom stereocenters. The molecule has 9 heteroatoms. The van der Waals surface area contributed by atoms with Gasteiger partial charge in [-0.3, -0.25) is 14.2 Å². The molecule has 34 heavy (non-hydrogen) atoms. The molecule has 0 saturated carbocycles. The van der Waals surface area contributed by atoms with Gasteiger partial charge < -0.3 is 9.80 Å². The fourth-order valence-corrected chi connectivity index (χ4v) is 4.43. The zero-order valence-electron chi connectivity index (χ0n) is 18.9. The fourth-order valence-electron chi connectivity index (χ4n) is 4.24. The molecule has 174 valence electrons. The summed E-state index contributed by atoms with van der Waals surface area (Å²) in [5, 5.41) is 5.50. The summed E-state index contributed by atoms with van der Waals surface area (Å²) < 4.78 is 3.15. The average molecular weight is 477 g/mol. The zero-order valence-corrected chi connectivity index (χ0v) is 19.6. The van der Waals surface area contributed by atoms with E-state index >= 15 is 0 Å². The van der Waals surface area contributed by atoms with E-state index in [1.165, 1.54) is 17.1 Å². The Hall–Kier alpha value is -3.65. The van der Waals surface area contributed by atoms with Gasteiger partial charge in [0.05, 0.1) is 18.2 Å². The number of benzene rings is 2. The molecule has 0 spiro atoms. The minimum absolute atomic E-state index is 0.0353. The number of hydrogen-bond acceptors (Lipinski definition) is 5. The minimum Gasteiger partial charge on any atom is -0.368 e. The van der Waals surface area contributed by atoms with E-state index in [1.807, 2.05) is 60.4 Å². The molecule has 8 nitrogen and oxygen atoms in total. The standard InChI is InChI=1S/C25H25ClN6O2/c1-18-5-7-20(8-6-18)32-24-22(16-28-32)25(34)31(17-27-24)10-9-23(33)30-13-11-29(12-14-30)21-4-2-3-19(26)15-21/h2-8,15-17H,9-14H2,1H3. The largest absolute Gasteiger partial charge is 0.368 e. The Morgan fingerprint density at radius 2 is 1.79 bits per heavy atom. The van der Waals surface area contributed by atoms with Gasteiger partial charge in [-0.2, -0.15) is 5.10 Å². The lowest BCUT2D eigenvalue weighted by Crippen LogP contribution is -2.49. The summed E-state index contributed by atoms with van der Waals surface area (Å²) in [5.41, 5.74) is 3.37. The van der Waals surface area contributed by atoms with Crippen molar-refractivity contribution >= 4 is 34.2 Å². The van der Waals surface area contributed by atoms with E-state index in [2.05, 4.69) is 15.0 Å². The number of carbonyl (C=O) groups excluding carboxylic acids is 1. The smallest absolute Gasteiger partial charge is 0.264 e. The number of carbonyl (C=O) groups is 1. The number of rotatable bonds is 5. The van der Waals surface area contributed by atoms with Gasteiger partial charge in [0.1, 0.15) is 5.39 Å². The van der Waals surface area contributed by atoms with Crippen LogP contribution in [0.15, 0.2) is 65.8 Å². The third-order valence-corrected chi connectivity index (χ3v) is 6.44. The molecule has 2 aromatic heterocycles. The number of hydrogen-bond donors (Lipinski definition) is 0. The molecular formula is C25H25ClN6O2. The van der Waals surface area contributed by atoms with E-state index in [9.17, 15) is 9.59 Å². The monoisotopic (exact) mass is 476 g/mol. The van der Waals surface area contributed by atoms with Crippen molar-refractivity contribution in [2.45, 2.75) is 19.9 Å². The van der Waals surface area contributed by atoms with Gasteiger partial charge in [-0.15, -0.1) is 0 Å². The zero-order chi connectivity index (χ0) is 23.7. The van der Waals surface area contributed by atoms with Gasteiger partial charge in [0.15, 0.2) is 5.65 Å². The molecule has 0 bridgehead atoms. The molecular weight excluding hydrogens is 452 g/mol. The van der Waals surface area contributed by atoms with Gasteiger partial charge >= 0.3 is 0 Å². The lowest BCUT2D eigenvalue weighted by Gasteiger charge is -2.36. The third kappa shape index (κ3) is 4.41. The van der Waals surface area contributed by atoms with E-state index in [-0.39, 0.29) is 24.4 Å². The van der Waals surface area contributed by atoms with Crippen molar-refractivity contribution < 1.29 is 4.79 Å². The Labute approximate surface area is 202 Å². The van der Waals surface area contributed by atoms with E-state index in [0.717, 1.165) is 30.0 Å². The summed E-state index contributed by atoms with van der Waals surface area (Å²) >= 11 is 6.10. The molecule has 1 saturated heterocycles. The second kappa shape index (κ2) is 9.30. The van der Waals surface area contributed by atoms with Crippen LogP contribution in [-0.4, -0.2) is 56.3 Å². The maximum absolute atomic E-state index is 13.0. The first kappa shape index (κ1) is 22.2. The number of piperazine rings is 1. The fraction of sp³-hybridized carbons (Fsp3) is 0.280. The lowest BCUT2D eigenvalue weighted by atomic mass is 10.2. The first-order chi connectivity index (χ1) is 16.5. The molecule has 5 rings (SSSR count). The maximum Gasteiger partial charge on any atom is 0.264 e.